The van der Waals surface area contributed by atoms with Crippen molar-refractivity contribution in [1.82, 2.24) is 0 Å². The maximum atomic E-state index is 10.4. The molecule has 1 saturated carbocycles. The summed E-state index contributed by atoms with van der Waals surface area (Å²) in [5.41, 5.74) is 1.30. The average molecular weight is 250 g/mol. The predicted octanol–water partition coefficient (Wildman–Crippen LogP) is 2.41. The van der Waals surface area contributed by atoms with Gasteiger partial charge in [0.1, 0.15) is 0 Å². The Morgan fingerprint density at radius 1 is 1.33 bits per heavy atom. The fourth-order valence-electron chi connectivity index (χ4n) is 3.40. The molecular weight excluding hydrogens is 228 g/mol. The van der Waals surface area contributed by atoms with E-state index < -0.39 is 5.79 Å². The van der Waals surface area contributed by atoms with Crippen molar-refractivity contribution in [3.05, 3.63) is 23.8 Å². The second-order valence-corrected chi connectivity index (χ2v) is 5.81. The van der Waals surface area contributed by atoms with E-state index in [9.17, 15) is 5.11 Å². The highest BCUT2D eigenvalue weighted by molar-refractivity contribution is 5.28. The minimum atomic E-state index is -0.486. The van der Waals surface area contributed by atoms with Gasteiger partial charge < -0.3 is 14.6 Å². The van der Waals surface area contributed by atoms with Crippen LogP contribution in [-0.2, 0) is 9.47 Å². The monoisotopic (exact) mass is 250 g/mol. The van der Waals surface area contributed by atoms with E-state index in [0.29, 0.717) is 25.6 Å². The fourth-order valence-corrected chi connectivity index (χ4v) is 3.40. The molecule has 0 aromatic heterocycles. The van der Waals surface area contributed by atoms with Gasteiger partial charge in [-0.15, -0.1) is 0 Å². The molecule has 100 valence electrons. The first kappa shape index (κ1) is 12.4. The number of ether oxygens (including phenoxy) is 2. The zero-order valence-electron chi connectivity index (χ0n) is 11.0. The summed E-state index contributed by atoms with van der Waals surface area (Å²) in [4.78, 5) is 0. The number of aliphatic hydroxyl groups excluding tert-OH is 1. The third-order valence-corrected chi connectivity index (χ3v) is 4.36. The maximum absolute atomic E-state index is 10.4. The summed E-state index contributed by atoms with van der Waals surface area (Å²) in [6, 6.07) is 0. The molecule has 2 aliphatic carbocycles. The third-order valence-electron chi connectivity index (χ3n) is 4.36. The molecule has 1 aliphatic heterocycles. The molecule has 0 amide bonds. The quantitative estimate of drug-likeness (QED) is 0.776. The highest BCUT2D eigenvalue weighted by Crippen LogP contribution is 2.42. The van der Waals surface area contributed by atoms with Gasteiger partial charge in [0.15, 0.2) is 5.79 Å². The molecule has 0 bridgehead atoms. The number of hydrogen-bond acceptors (Lipinski definition) is 3. The van der Waals surface area contributed by atoms with Crippen LogP contribution in [0.2, 0.25) is 0 Å². The van der Waals surface area contributed by atoms with Crippen LogP contribution in [0.3, 0.4) is 0 Å². The van der Waals surface area contributed by atoms with E-state index in [4.69, 9.17) is 9.47 Å². The summed E-state index contributed by atoms with van der Waals surface area (Å²) in [6.45, 7) is 3.55. The maximum Gasteiger partial charge on any atom is 0.171 e. The standard InChI is InChI=1S/C15H22O3/c1-11-3-2-4-12(9-11)13-5-6-15(10-14(13)16)17-7-8-18-15/h2,4,9,11,13-14,16H,3,5-8,10H2,1H3. The van der Waals surface area contributed by atoms with Crippen LogP contribution in [0.15, 0.2) is 23.8 Å². The minimum absolute atomic E-state index is 0.252. The molecule has 18 heavy (non-hydrogen) atoms. The van der Waals surface area contributed by atoms with Gasteiger partial charge in [-0.1, -0.05) is 25.2 Å². The molecule has 3 unspecified atom stereocenters. The molecule has 1 heterocycles. The molecule has 3 nitrogen and oxygen atoms in total. The highest BCUT2D eigenvalue weighted by Gasteiger charge is 2.45. The van der Waals surface area contributed by atoms with E-state index in [1.807, 2.05) is 0 Å². The van der Waals surface area contributed by atoms with Crippen LogP contribution in [0.5, 0.6) is 0 Å². The summed E-state index contributed by atoms with van der Waals surface area (Å²) in [5.74, 6) is 0.356. The zero-order chi connectivity index (χ0) is 12.6. The van der Waals surface area contributed by atoms with Crippen LogP contribution in [0.1, 0.15) is 32.6 Å². The lowest BCUT2D eigenvalue weighted by Gasteiger charge is -2.39. The second kappa shape index (κ2) is 4.80. The Labute approximate surface area is 108 Å². The van der Waals surface area contributed by atoms with Crippen molar-refractivity contribution < 1.29 is 14.6 Å². The molecule has 3 heteroatoms. The van der Waals surface area contributed by atoms with Gasteiger partial charge in [-0.2, -0.15) is 0 Å². The van der Waals surface area contributed by atoms with E-state index in [1.165, 1.54) is 5.57 Å². The first-order chi connectivity index (χ1) is 8.69. The number of aliphatic hydroxyl groups is 1. The van der Waals surface area contributed by atoms with E-state index in [2.05, 4.69) is 25.2 Å². The Bertz CT molecular complexity index is 366. The predicted molar refractivity (Wildman–Crippen MR) is 69.0 cm³/mol. The topological polar surface area (TPSA) is 38.7 Å². The molecule has 1 saturated heterocycles. The smallest absolute Gasteiger partial charge is 0.171 e. The molecule has 0 radical (unpaired) electrons. The van der Waals surface area contributed by atoms with E-state index in [-0.39, 0.29) is 12.0 Å². The first-order valence-corrected chi connectivity index (χ1v) is 7.03. The first-order valence-electron chi connectivity index (χ1n) is 7.03. The van der Waals surface area contributed by atoms with Gasteiger partial charge in [0, 0.05) is 18.8 Å². The minimum Gasteiger partial charge on any atom is -0.392 e. The van der Waals surface area contributed by atoms with E-state index in [1.54, 1.807) is 0 Å². The molecule has 0 aromatic rings. The van der Waals surface area contributed by atoms with Crippen LogP contribution in [-0.4, -0.2) is 30.2 Å². The van der Waals surface area contributed by atoms with Gasteiger partial charge in [0.25, 0.3) is 0 Å². The van der Waals surface area contributed by atoms with Crippen molar-refractivity contribution in [2.45, 2.75) is 44.5 Å². The second-order valence-electron chi connectivity index (χ2n) is 5.81. The normalized spacial score (nSPS) is 39.0. The molecule has 0 aromatic carbocycles. The van der Waals surface area contributed by atoms with Crippen molar-refractivity contribution in [1.29, 1.82) is 0 Å². The lowest BCUT2D eigenvalue weighted by Crippen LogP contribution is -2.43. The van der Waals surface area contributed by atoms with Crippen LogP contribution in [0.4, 0.5) is 0 Å². The molecule has 3 atom stereocenters. The van der Waals surface area contributed by atoms with Gasteiger partial charge >= 0.3 is 0 Å². The van der Waals surface area contributed by atoms with E-state index >= 15 is 0 Å². The summed E-state index contributed by atoms with van der Waals surface area (Å²) >= 11 is 0. The summed E-state index contributed by atoms with van der Waals surface area (Å²) < 4.78 is 11.4. The fraction of sp³-hybridized carbons (Fsp3) is 0.733. The van der Waals surface area contributed by atoms with Crippen LogP contribution in [0.25, 0.3) is 0 Å². The van der Waals surface area contributed by atoms with Gasteiger partial charge in [-0.3, -0.25) is 0 Å². The number of rotatable bonds is 1. The van der Waals surface area contributed by atoms with Gasteiger partial charge in [-0.05, 0) is 24.3 Å². The largest absolute Gasteiger partial charge is 0.392 e. The number of hydrogen-bond donors (Lipinski definition) is 1. The highest BCUT2D eigenvalue weighted by atomic mass is 16.7. The number of allylic oxidation sites excluding steroid dienone is 3. The third kappa shape index (κ3) is 2.27. The van der Waals surface area contributed by atoms with Gasteiger partial charge in [0.2, 0.25) is 0 Å². The van der Waals surface area contributed by atoms with Crippen molar-refractivity contribution in [3.63, 3.8) is 0 Å². The molecular formula is C15H22O3. The zero-order valence-corrected chi connectivity index (χ0v) is 11.0. The average Bonchev–Trinajstić information content (AvgIpc) is 2.77. The lowest BCUT2D eigenvalue weighted by atomic mass is 9.76. The molecule has 1 spiro atoms. The van der Waals surface area contributed by atoms with Crippen LogP contribution < -0.4 is 0 Å². The summed E-state index contributed by atoms with van der Waals surface area (Å²) in [7, 11) is 0. The Morgan fingerprint density at radius 3 is 2.78 bits per heavy atom. The lowest BCUT2D eigenvalue weighted by molar-refractivity contribution is -0.202. The van der Waals surface area contributed by atoms with E-state index in [0.717, 1.165) is 19.3 Å². The van der Waals surface area contributed by atoms with Crippen molar-refractivity contribution in [2.24, 2.45) is 11.8 Å². The molecule has 1 N–H and O–H groups in total. The summed E-state index contributed by atoms with van der Waals surface area (Å²) in [5, 5.41) is 10.4. The Morgan fingerprint density at radius 2 is 2.11 bits per heavy atom. The Kier molecular flexibility index (Phi) is 3.31. The SMILES string of the molecule is CC1C=C(C2CCC3(CC2O)OCCO3)C=CC1. The molecule has 3 rings (SSSR count). The van der Waals surface area contributed by atoms with Crippen molar-refractivity contribution in [3.8, 4) is 0 Å². The van der Waals surface area contributed by atoms with Gasteiger partial charge in [0.05, 0.1) is 19.3 Å². The Balaban J connectivity index is 1.71. The van der Waals surface area contributed by atoms with Crippen LogP contribution in [0, 0.1) is 11.8 Å². The Hall–Kier alpha value is -0.640. The molecule has 3 aliphatic rings. The van der Waals surface area contributed by atoms with Crippen molar-refractivity contribution in [2.75, 3.05) is 13.2 Å². The van der Waals surface area contributed by atoms with Crippen molar-refractivity contribution >= 4 is 0 Å². The van der Waals surface area contributed by atoms with Gasteiger partial charge in [-0.25, -0.2) is 0 Å². The molecule has 2 fully saturated rings. The summed E-state index contributed by atoms with van der Waals surface area (Å²) in [6.07, 6.45) is 9.93. The van der Waals surface area contributed by atoms with Crippen LogP contribution >= 0.6 is 0 Å².